The molecule has 0 unspecified atom stereocenters. The molecule has 0 aliphatic carbocycles. The molecule has 0 spiro atoms. The van der Waals surface area contributed by atoms with E-state index in [0.29, 0.717) is 17.0 Å². The summed E-state index contributed by atoms with van der Waals surface area (Å²) in [6.07, 6.45) is -0.313. The maximum absolute atomic E-state index is 15.5. The smallest absolute Gasteiger partial charge is 0.351 e. The molecule has 1 aliphatic heterocycles. The van der Waals surface area contributed by atoms with Gasteiger partial charge in [0, 0.05) is 12.7 Å². The number of anilines is 1. The van der Waals surface area contributed by atoms with Crippen LogP contribution in [0, 0.1) is 17.8 Å². The van der Waals surface area contributed by atoms with E-state index in [1.807, 2.05) is 0 Å². The number of halogens is 2. The van der Waals surface area contributed by atoms with Gasteiger partial charge >= 0.3 is 23.6 Å². The Bertz CT molecular complexity index is 931. The van der Waals surface area contributed by atoms with Gasteiger partial charge < -0.3 is 19.5 Å². The van der Waals surface area contributed by atoms with Crippen molar-refractivity contribution in [1.82, 2.24) is 9.55 Å². The van der Waals surface area contributed by atoms with Crippen molar-refractivity contribution >= 4 is 17.8 Å². The highest BCUT2D eigenvalue weighted by atomic mass is 19.3. The van der Waals surface area contributed by atoms with E-state index in [1.54, 1.807) is 13.8 Å². The lowest BCUT2D eigenvalue weighted by Gasteiger charge is -2.25. The average Bonchev–Trinajstić information content (AvgIpc) is 3.05. The fourth-order valence-electron chi connectivity index (χ4n) is 3.94. The standard InChI is InChI=1S/C25H39F2N3O6/c1-7-9-17(10-8-2)13-28-19-11-12-30(24(33)29-19)23-25(26,27)20(36-22(32)16(5)6)18(35-23)14-34-21(31)15(3)4/h11-12,15-18,20,23H,7-10,13-14H2,1-6H3,(H,28,29,33)/t18-,20-,23-/m1/s1. The minimum Gasteiger partial charge on any atom is -0.463 e. The third-order valence-electron chi connectivity index (χ3n) is 5.97. The minimum atomic E-state index is -3.78. The van der Waals surface area contributed by atoms with Gasteiger partial charge in [0.15, 0.2) is 6.10 Å². The summed E-state index contributed by atoms with van der Waals surface area (Å²) in [4.78, 5) is 40.6. The zero-order chi connectivity index (χ0) is 27.0. The first-order valence-electron chi connectivity index (χ1n) is 12.7. The van der Waals surface area contributed by atoms with Crippen LogP contribution in [0.15, 0.2) is 17.1 Å². The van der Waals surface area contributed by atoms with Gasteiger partial charge in [-0.2, -0.15) is 13.8 Å². The molecule has 1 N–H and O–H groups in total. The van der Waals surface area contributed by atoms with Crippen molar-refractivity contribution in [2.45, 2.75) is 91.6 Å². The maximum atomic E-state index is 15.5. The second kappa shape index (κ2) is 13.1. The lowest BCUT2D eigenvalue weighted by molar-refractivity contribution is -0.180. The number of hydrogen-bond acceptors (Lipinski definition) is 8. The van der Waals surface area contributed by atoms with Crippen LogP contribution >= 0.6 is 0 Å². The van der Waals surface area contributed by atoms with Crippen molar-refractivity contribution in [3.63, 3.8) is 0 Å². The molecule has 0 aromatic carbocycles. The Morgan fingerprint density at radius 2 is 1.75 bits per heavy atom. The van der Waals surface area contributed by atoms with Gasteiger partial charge in [0.2, 0.25) is 6.23 Å². The molecule has 2 rings (SSSR count). The Balaban J connectivity index is 2.25. The van der Waals surface area contributed by atoms with Gasteiger partial charge in [0.05, 0.1) is 11.8 Å². The summed E-state index contributed by atoms with van der Waals surface area (Å²) >= 11 is 0. The van der Waals surface area contributed by atoms with Gasteiger partial charge in [0.25, 0.3) is 0 Å². The molecule has 2 heterocycles. The summed E-state index contributed by atoms with van der Waals surface area (Å²) in [6.45, 7) is 10.5. The molecule has 204 valence electrons. The Labute approximate surface area is 210 Å². The van der Waals surface area contributed by atoms with Crippen molar-refractivity contribution in [3.8, 4) is 0 Å². The van der Waals surface area contributed by atoms with Gasteiger partial charge in [0.1, 0.15) is 18.5 Å². The fraction of sp³-hybridized carbons (Fsp3) is 0.760. The van der Waals surface area contributed by atoms with Crippen LogP contribution in [0.1, 0.15) is 73.5 Å². The largest absolute Gasteiger partial charge is 0.463 e. The summed E-state index contributed by atoms with van der Waals surface area (Å²) in [5.41, 5.74) is -0.944. The van der Waals surface area contributed by atoms with Gasteiger partial charge in [-0.3, -0.25) is 14.2 Å². The quantitative estimate of drug-likeness (QED) is 0.390. The third kappa shape index (κ3) is 7.47. The van der Waals surface area contributed by atoms with Crippen LogP contribution in [-0.2, 0) is 23.8 Å². The Kier molecular flexibility index (Phi) is 10.8. The minimum absolute atomic E-state index is 0.278. The molecular formula is C25H39F2N3O6. The molecule has 1 saturated heterocycles. The van der Waals surface area contributed by atoms with E-state index < -0.39 is 60.4 Å². The van der Waals surface area contributed by atoms with Crippen molar-refractivity contribution in [2.24, 2.45) is 17.8 Å². The molecule has 0 radical (unpaired) electrons. The van der Waals surface area contributed by atoms with E-state index in [0.717, 1.165) is 25.7 Å². The monoisotopic (exact) mass is 515 g/mol. The molecule has 0 bridgehead atoms. The first-order valence-corrected chi connectivity index (χ1v) is 12.7. The molecule has 3 atom stereocenters. The second-order valence-electron chi connectivity index (χ2n) is 9.83. The van der Waals surface area contributed by atoms with Crippen LogP contribution in [0.4, 0.5) is 14.6 Å². The number of hydrogen-bond donors (Lipinski definition) is 1. The van der Waals surface area contributed by atoms with Gasteiger partial charge in [-0.25, -0.2) is 4.79 Å². The average molecular weight is 516 g/mol. The van der Waals surface area contributed by atoms with E-state index in [4.69, 9.17) is 14.2 Å². The normalized spacial score (nSPS) is 21.2. The summed E-state index contributed by atoms with van der Waals surface area (Å²) in [7, 11) is 0. The van der Waals surface area contributed by atoms with Crippen molar-refractivity contribution in [1.29, 1.82) is 0 Å². The first-order chi connectivity index (χ1) is 16.9. The Morgan fingerprint density at radius 3 is 2.28 bits per heavy atom. The molecule has 1 fully saturated rings. The topological polar surface area (TPSA) is 109 Å². The first kappa shape index (κ1) is 29.7. The highest BCUT2D eigenvalue weighted by Crippen LogP contribution is 2.44. The molecule has 1 aliphatic rings. The molecule has 9 nitrogen and oxygen atoms in total. The third-order valence-corrected chi connectivity index (χ3v) is 5.97. The summed E-state index contributed by atoms with van der Waals surface area (Å²) in [6, 6.07) is 1.43. The highest BCUT2D eigenvalue weighted by molar-refractivity contribution is 5.72. The fourth-order valence-corrected chi connectivity index (χ4v) is 3.94. The van der Waals surface area contributed by atoms with Crippen LogP contribution in [0.25, 0.3) is 0 Å². The maximum Gasteiger partial charge on any atom is 0.351 e. The predicted molar refractivity (Wildman–Crippen MR) is 130 cm³/mol. The zero-order valence-electron chi connectivity index (χ0n) is 22.0. The lowest BCUT2D eigenvalue weighted by atomic mass is 9.98. The molecule has 0 saturated carbocycles. The van der Waals surface area contributed by atoms with Gasteiger partial charge in [-0.05, 0) is 24.8 Å². The number of aromatic nitrogens is 2. The van der Waals surface area contributed by atoms with E-state index >= 15 is 8.78 Å². The number of nitrogens with zero attached hydrogens (tertiary/aromatic N) is 2. The van der Waals surface area contributed by atoms with Gasteiger partial charge in [-0.15, -0.1) is 0 Å². The summed E-state index contributed by atoms with van der Waals surface area (Å²) in [5.74, 6) is -5.72. The SMILES string of the molecule is CCCC(CCC)CNc1ccn([C@@H]2O[C@H](COC(=O)C(C)C)[C@@H](OC(=O)C(C)C)C2(F)F)c(=O)n1. The Morgan fingerprint density at radius 1 is 1.14 bits per heavy atom. The highest BCUT2D eigenvalue weighted by Gasteiger charge is 2.63. The second-order valence-corrected chi connectivity index (χ2v) is 9.83. The lowest BCUT2D eigenvalue weighted by Crippen LogP contribution is -2.45. The number of ether oxygens (including phenoxy) is 3. The summed E-state index contributed by atoms with van der Waals surface area (Å²) in [5, 5.41) is 3.11. The van der Waals surface area contributed by atoms with Crippen LogP contribution in [-0.4, -0.2) is 52.8 Å². The van der Waals surface area contributed by atoms with Crippen molar-refractivity contribution in [2.75, 3.05) is 18.5 Å². The van der Waals surface area contributed by atoms with E-state index in [2.05, 4.69) is 24.1 Å². The van der Waals surface area contributed by atoms with Gasteiger partial charge in [-0.1, -0.05) is 54.4 Å². The van der Waals surface area contributed by atoms with Crippen molar-refractivity contribution < 1.29 is 32.6 Å². The number of carbonyl (C=O) groups is 2. The molecule has 1 aromatic heterocycles. The Hall–Kier alpha value is -2.56. The number of rotatable bonds is 13. The van der Waals surface area contributed by atoms with Crippen LogP contribution in [0.3, 0.4) is 0 Å². The van der Waals surface area contributed by atoms with Crippen LogP contribution in [0.2, 0.25) is 0 Å². The van der Waals surface area contributed by atoms with Crippen LogP contribution < -0.4 is 11.0 Å². The van der Waals surface area contributed by atoms with Crippen molar-refractivity contribution in [3.05, 3.63) is 22.7 Å². The van der Waals surface area contributed by atoms with E-state index in [9.17, 15) is 14.4 Å². The van der Waals surface area contributed by atoms with E-state index in [1.165, 1.54) is 26.1 Å². The number of alkyl halides is 2. The molecule has 36 heavy (non-hydrogen) atoms. The molecule has 1 aromatic rings. The van der Waals surface area contributed by atoms with E-state index in [-0.39, 0.29) is 5.82 Å². The zero-order valence-corrected chi connectivity index (χ0v) is 22.0. The molecule has 0 amide bonds. The van der Waals surface area contributed by atoms with Crippen LogP contribution in [0.5, 0.6) is 0 Å². The number of esters is 2. The predicted octanol–water partition coefficient (Wildman–Crippen LogP) is 4.17. The molecule has 11 heteroatoms. The summed E-state index contributed by atoms with van der Waals surface area (Å²) < 4.78 is 47.2. The number of carbonyl (C=O) groups excluding carboxylic acids is 2. The number of nitrogens with one attached hydrogen (secondary N) is 1. The molecular weight excluding hydrogens is 476 g/mol.